The van der Waals surface area contributed by atoms with Crippen molar-refractivity contribution in [3.63, 3.8) is 0 Å². The number of thioether (sulfide) groups is 1. The second kappa shape index (κ2) is 5.27. The molecule has 0 unspecified atom stereocenters. The highest BCUT2D eigenvalue weighted by Crippen LogP contribution is 2.44. The molecule has 1 aliphatic rings. The average Bonchev–Trinajstić information content (AvgIpc) is 2.47. The van der Waals surface area contributed by atoms with E-state index in [9.17, 15) is 0 Å². The van der Waals surface area contributed by atoms with E-state index in [1.807, 2.05) is 38.1 Å². The largest absolute Gasteiger partial charge is 0.483 e. The van der Waals surface area contributed by atoms with Gasteiger partial charge in [0.05, 0.1) is 11.6 Å². The number of rotatable bonds is 2. The number of ether oxygens (including phenoxy) is 1. The minimum atomic E-state index is -0.365. The van der Waals surface area contributed by atoms with Gasteiger partial charge < -0.3 is 4.74 Å². The molecule has 1 aromatic heterocycles. The molecule has 0 atom stereocenters. The Kier molecular flexibility index (Phi) is 3.44. The van der Waals surface area contributed by atoms with E-state index in [4.69, 9.17) is 10.00 Å². The van der Waals surface area contributed by atoms with E-state index in [0.717, 1.165) is 21.1 Å². The second-order valence-electron chi connectivity index (χ2n) is 5.32. The molecule has 0 bridgehead atoms. The summed E-state index contributed by atoms with van der Waals surface area (Å²) in [5.41, 5.74) is 1.24. The molecule has 1 aliphatic heterocycles. The van der Waals surface area contributed by atoms with Crippen molar-refractivity contribution in [2.45, 2.75) is 24.3 Å². The number of hydrogen-bond donors (Lipinski definition) is 0. The number of nitrogens with zero attached hydrogens (tertiary/aromatic N) is 2. The quantitative estimate of drug-likeness (QED) is 0.830. The van der Waals surface area contributed by atoms with E-state index in [0.29, 0.717) is 5.56 Å². The van der Waals surface area contributed by atoms with Crippen molar-refractivity contribution < 1.29 is 4.74 Å². The maximum absolute atomic E-state index is 9.09. The van der Waals surface area contributed by atoms with Gasteiger partial charge in [-0.15, -0.1) is 0 Å². The zero-order chi connectivity index (χ0) is 14.9. The maximum Gasteiger partial charge on any atom is 0.129 e. The van der Waals surface area contributed by atoms with Gasteiger partial charge in [0.2, 0.25) is 0 Å². The topological polar surface area (TPSA) is 45.9 Å². The third kappa shape index (κ3) is 2.93. The summed E-state index contributed by atoms with van der Waals surface area (Å²) in [6, 6.07) is 11.7. The number of fused-ring (bicyclic) bond motifs is 1. The molecule has 0 saturated carbocycles. The zero-order valence-electron chi connectivity index (χ0n) is 11.8. The Hall–Kier alpha value is -2.25. The van der Waals surface area contributed by atoms with Gasteiger partial charge in [0.15, 0.2) is 0 Å². The van der Waals surface area contributed by atoms with Gasteiger partial charge in [-0.05, 0) is 50.3 Å². The molecule has 2 heterocycles. The lowest BCUT2D eigenvalue weighted by molar-refractivity contribution is 0.158. The van der Waals surface area contributed by atoms with E-state index in [1.54, 1.807) is 30.2 Å². The summed E-state index contributed by atoms with van der Waals surface area (Å²) in [5.74, 6) is 0.818. The fraction of sp³-hybridized carbons (Fsp3) is 0.176. The SMILES string of the molecule is CC1(C)C=C(Sc2ccncc2)c2cc(C#N)ccc2O1. The van der Waals surface area contributed by atoms with Crippen LogP contribution in [0, 0.1) is 11.3 Å². The lowest BCUT2D eigenvalue weighted by atomic mass is 10.0. The Balaban J connectivity index is 2.05. The molecule has 3 nitrogen and oxygen atoms in total. The molecule has 0 N–H and O–H groups in total. The summed E-state index contributed by atoms with van der Waals surface area (Å²) >= 11 is 1.66. The minimum absolute atomic E-state index is 0.365. The second-order valence-corrected chi connectivity index (χ2v) is 6.44. The van der Waals surface area contributed by atoms with Crippen LogP contribution in [0.15, 0.2) is 53.7 Å². The van der Waals surface area contributed by atoms with Gasteiger partial charge in [0.25, 0.3) is 0 Å². The number of benzene rings is 1. The summed E-state index contributed by atoms with van der Waals surface area (Å²) < 4.78 is 5.98. The van der Waals surface area contributed by atoms with E-state index < -0.39 is 0 Å². The van der Waals surface area contributed by atoms with Crippen LogP contribution < -0.4 is 4.74 Å². The van der Waals surface area contributed by atoms with Crippen molar-refractivity contribution in [1.82, 2.24) is 4.98 Å². The van der Waals surface area contributed by atoms with Gasteiger partial charge in [0.1, 0.15) is 11.4 Å². The molecule has 4 heteroatoms. The van der Waals surface area contributed by atoms with Crippen LogP contribution in [0.1, 0.15) is 25.0 Å². The summed E-state index contributed by atoms with van der Waals surface area (Å²) in [6.07, 6.45) is 5.65. The number of aromatic nitrogens is 1. The van der Waals surface area contributed by atoms with Gasteiger partial charge >= 0.3 is 0 Å². The van der Waals surface area contributed by atoms with E-state index >= 15 is 0 Å². The Morgan fingerprint density at radius 3 is 2.67 bits per heavy atom. The monoisotopic (exact) mass is 294 g/mol. The Morgan fingerprint density at radius 2 is 1.95 bits per heavy atom. The average molecular weight is 294 g/mol. The summed E-state index contributed by atoms with van der Waals surface area (Å²) in [6.45, 7) is 4.06. The fourth-order valence-electron chi connectivity index (χ4n) is 2.21. The van der Waals surface area contributed by atoms with Crippen molar-refractivity contribution in [2.75, 3.05) is 0 Å². The molecule has 0 spiro atoms. The highest BCUT2D eigenvalue weighted by atomic mass is 32.2. The molecule has 2 aromatic rings. The summed E-state index contributed by atoms with van der Waals surface area (Å²) in [4.78, 5) is 6.25. The predicted molar refractivity (Wildman–Crippen MR) is 83.9 cm³/mol. The maximum atomic E-state index is 9.09. The number of pyridine rings is 1. The molecule has 3 rings (SSSR count). The van der Waals surface area contributed by atoms with Gasteiger partial charge in [-0.2, -0.15) is 5.26 Å². The highest BCUT2D eigenvalue weighted by Gasteiger charge is 2.27. The summed E-state index contributed by atoms with van der Waals surface area (Å²) in [7, 11) is 0. The van der Waals surface area contributed by atoms with Gasteiger partial charge in [-0.25, -0.2) is 0 Å². The molecular weight excluding hydrogens is 280 g/mol. The first-order valence-corrected chi connectivity index (χ1v) is 7.43. The van der Waals surface area contributed by atoms with Crippen LogP contribution in [0.25, 0.3) is 4.91 Å². The molecule has 21 heavy (non-hydrogen) atoms. The van der Waals surface area contributed by atoms with Gasteiger partial charge in [0, 0.05) is 27.8 Å². The Labute approximate surface area is 128 Å². The molecule has 104 valence electrons. The number of nitriles is 1. The van der Waals surface area contributed by atoms with Crippen molar-refractivity contribution in [3.8, 4) is 11.8 Å². The third-order valence-corrected chi connectivity index (χ3v) is 4.17. The first-order valence-electron chi connectivity index (χ1n) is 6.62. The van der Waals surface area contributed by atoms with Crippen LogP contribution >= 0.6 is 11.8 Å². The smallest absolute Gasteiger partial charge is 0.129 e. The van der Waals surface area contributed by atoms with Crippen molar-refractivity contribution in [3.05, 3.63) is 59.9 Å². The van der Waals surface area contributed by atoms with Gasteiger partial charge in [-0.1, -0.05) is 11.8 Å². The van der Waals surface area contributed by atoms with E-state index in [-0.39, 0.29) is 5.60 Å². The lowest BCUT2D eigenvalue weighted by Crippen LogP contribution is -2.28. The molecular formula is C17H14N2OS. The van der Waals surface area contributed by atoms with Crippen LogP contribution in [-0.2, 0) is 0 Å². The van der Waals surface area contributed by atoms with E-state index in [2.05, 4.69) is 17.1 Å². The van der Waals surface area contributed by atoms with Crippen molar-refractivity contribution >= 4 is 16.7 Å². The Bertz CT molecular complexity index is 745. The predicted octanol–water partition coefficient (Wildman–Crippen LogP) is 4.26. The molecule has 0 saturated heterocycles. The molecule has 1 aromatic carbocycles. The van der Waals surface area contributed by atoms with Crippen LogP contribution in [0.2, 0.25) is 0 Å². The molecule has 0 amide bonds. The van der Waals surface area contributed by atoms with Crippen molar-refractivity contribution in [1.29, 1.82) is 5.26 Å². The van der Waals surface area contributed by atoms with Crippen LogP contribution in [0.3, 0.4) is 0 Å². The first-order chi connectivity index (χ1) is 10.1. The van der Waals surface area contributed by atoms with E-state index in [1.165, 1.54) is 0 Å². The van der Waals surface area contributed by atoms with Crippen LogP contribution in [0.4, 0.5) is 0 Å². The summed E-state index contributed by atoms with van der Waals surface area (Å²) in [5, 5.41) is 9.09. The first kappa shape index (κ1) is 13.7. The van der Waals surface area contributed by atoms with Crippen molar-refractivity contribution in [2.24, 2.45) is 0 Å². The lowest BCUT2D eigenvalue weighted by Gasteiger charge is -2.31. The standard InChI is InChI=1S/C17H14N2OS/c1-17(2)10-16(21-13-5-7-19-8-6-13)14-9-12(11-18)3-4-15(14)20-17/h3-10H,1-2H3. The Morgan fingerprint density at radius 1 is 1.19 bits per heavy atom. The molecule has 0 radical (unpaired) electrons. The highest BCUT2D eigenvalue weighted by molar-refractivity contribution is 8.08. The number of hydrogen-bond acceptors (Lipinski definition) is 4. The zero-order valence-corrected chi connectivity index (χ0v) is 12.6. The van der Waals surface area contributed by atoms with Crippen LogP contribution in [0.5, 0.6) is 5.75 Å². The third-order valence-electron chi connectivity index (χ3n) is 3.10. The van der Waals surface area contributed by atoms with Gasteiger partial charge in [-0.3, -0.25) is 4.98 Å². The normalized spacial score (nSPS) is 15.4. The fourth-order valence-corrected chi connectivity index (χ4v) is 3.33. The molecule has 0 fully saturated rings. The minimum Gasteiger partial charge on any atom is -0.483 e. The molecule has 0 aliphatic carbocycles. The van der Waals surface area contributed by atoms with Crippen LogP contribution in [-0.4, -0.2) is 10.6 Å².